The van der Waals surface area contributed by atoms with E-state index in [1.165, 1.54) is 0 Å². The zero-order valence-corrected chi connectivity index (χ0v) is 19.8. The number of piperidine rings is 1. The minimum Gasteiger partial charge on any atom is -0.486 e. The van der Waals surface area contributed by atoms with Crippen molar-refractivity contribution in [1.29, 1.82) is 0 Å². The van der Waals surface area contributed by atoms with Crippen LogP contribution in [0.3, 0.4) is 0 Å². The van der Waals surface area contributed by atoms with E-state index in [9.17, 15) is 9.59 Å². The maximum absolute atomic E-state index is 13.0. The van der Waals surface area contributed by atoms with Gasteiger partial charge in [0.25, 0.3) is 0 Å². The second-order valence-electron chi connectivity index (χ2n) is 9.52. The molecule has 34 heavy (non-hydrogen) atoms. The summed E-state index contributed by atoms with van der Waals surface area (Å²) in [7, 11) is 0. The molecule has 1 fully saturated rings. The monoisotopic (exact) mass is 464 g/mol. The minimum atomic E-state index is -0.106. The topological polar surface area (TPSA) is 88.6 Å². The van der Waals surface area contributed by atoms with E-state index in [2.05, 4.69) is 29.0 Å². The number of likely N-dealkylation sites (tertiary alicyclic amines) is 1. The summed E-state index contributed by atoms with van der Waals surface area (Å²) in [6.07, 6.45) is 1.68. The first-order valence-electron chi connectivity index (χ1n) is 12.1. The molecule has 5 rings (SSSR count). The van der Waals surface area contributed by atoms with Crippen LogP contribution in [0, 0.1) is 5.92 Å². The second-order valence-corrected chi connectivity index (χ2v) is 9.52. The number of nitrogens with zero attached hydrogens (tertiary/aromatic N) is 2. The standard InChI is InChI=1S/C26H32N4O4/c1-17(2)25(18-7-8-22-23(15-18)34-14-13-33-22)28-24(31)16-29-11-9-19(10-12-29)30-21-6-4-3-5-20(21)27-26(30)32/h3-8,15,17,19,25H,9-14,16H2,1-2H3,(H,27,32)(H,28,31)/t25-/m1/s1. The number of para-hydroxylation sites is 2. The number of H-pyrrole nitrogens is 1. The maximum Gasteiger partial charge on any atom is 0.326 e. The Labute approximate surface area is 198 Å². The van der Waals surface area contributed by atoms with Crippen molar-refractivity contribution in [2.24, 2.45) is 5.92 Å². The quantitative estimate of drug-likeness (QED) is 0.585. The number of amides is 1. The highest BCUT2D eigenvalue weighted by Gasteiger charge is 2.26. The van der Waals surface area contributed by atoms with Gasteiger partial charge in [0.1, 0.15) is 13.2 Å². The van der Waals surface area contributed by atoms with Gasteiger partial charge in [-0.15, -0.1) is 0 Å². The number of carbonyl (C=O) groups is 1. The largest absolute Gasteiger partial charge is 0.486 e. The third-order valence-corrected chi connectivity index (χ3v) is 6.82. The highest BCUT2D eigenvalue weighted by molar-refractivity contribution is 5.78. The lowest BCUT2D eigenvalue weighted by atomic mass is 9.95. The number of fused-ring (bicyclic) bond motifs is 2. The molecule has 2 aromatic carbocycles. The van der Waals surface area contributed by atoms with Crippen molar-refractivity contribution in [1.82, 2.24) is 19.8 Å². The van der Waals surface area contributed by atoms with Crippen LogP contribution in [0.4, 0.5) is 0 Å². The SMILES string of the molecule is CC(C)[C@@H](NC(=O)CN1CCC(n2c(=O)[nH]c3ccccc32)CC1)c1ccc2c(c1)OCCO2. The molecule has 1 saturated heterocycles. The van der Waals surface area contributed by atoms with Crippen LogP contribution in [0.25, 0.3) is 11.0 Å². The first-order chi connectivity index (χ1) is 16.5. The van der Waals surface area contributed by atoms with Gasteiger partial charge >= 0.3 is 5.69 Å². The number of benzene rings is 2. The Morgan fingerprint density at radius 2 is 1.82 bits per heavy atom. The first kappa shape index (κ1) is 22.5. The smallest absolute Gasteiger partial charge is 0.326 e. The van der Waals surface area contributed by atoms with Gasteiger partial charge < -0.3 is 19.8 Å². The van der Waals surface area contributed by atoms with Crippen LogP contribution < -0.4 is 20.5 Å². The molecule has 3 aromatic rings. The van der Waals surface area contributed by atoms with E-state index >= 15 is 0 Å². The summed E-state index contributed by atoms with van der Waals surface area (Å²) in [6.45, 7) is 7.21. The van der Waals surface area contributed by atoms with Crippen molar-refractivity contribution in [3.8, 4) is 11.5 Å². The number of hydrogen-bond donors (Lipinski definition) is 2. The number of nitrogens with one attached hydrogen (secondary N) is 2. The zero-order valence-electron chi connectivity index (χ0n) is 19.8. The molecule has 0 bridgehead atoms. The molecule has 180 valence electrons. The predicted molar refractivity (Wildman–Crippen MR) is 130 cm³/mol. The number of carbonyl (C=O) groups excluding carboxylic acids is 1. The molecule has 8 nitrogen and oxygen atoms in total. The molecule has 1 atom stereocenters. The molecule has 0 aliphatic carbocycles. The highest BCUT2D eigenvalue weighted by atomic mass is 16.6. The average molecular weight is 465 g/mol. The summed E-state index contributed by atoms with van der Waals surface area (Å²) in [5.74, 6) is 1.72. The highest BCUT2D eigenvalue weighted by Crippen LogP contribution is 2.34. The Balaban J connectivity index is 1.20. The fourth-order valence-corrected chi connectivity index (χ4v) is 5.08. The van der Waals surface area contributed by atoms with E-state index in [0.717, 1.165) is 54.0 Å². The number of aromatic amines is 1. The van der Waals surface area contributed by atoms with Gasteiger partial charge in [-0.05, 0) is 48.6 Å². The summed E-state index contributed by atoms with van der Waals surface area (Å²) in [4.78, 5) is 30.6. The molecule has 2 aliphatic rings. The van der Waals surface area contributed by atoms with Crippen molar-refractivity contribution < 1.29 is 14.3 Å². The van der Waals surface area contributed by atoms with Crippen LogP contribution >= 0.6 is 0 Å². The lowest BCUT2D eigenvalue weighted by molar-refractivity contribution is -0.123. The van der Waals surface area contributed by atoms with Crippen LogP contribution in [-0.2, 0) is 4.79 Å². The Kier molecular flexibility index (Phi) is 6.32. The molecule has 2 N–H and O–H groups in total. The van der Waals surface area contributed by atoms with Crippen LogP contribution in [0.15, 0.2) is 47.3 Å². The number of aromatic nitrogens is 2. The van der Waals surface area contributed by atoms with Crippen LogP contribution in [0.1, 0.15) is 44.3 Å². The Morgan fingerprint density at radius 3 is 2.59 bits per heavy atom. The maximum atomic E-state index is 13.0. The van der Waals surface area contributed by atoms with Gasteiger partial charge in [-0.25, -0.2) is 4.79 Å². The Morgan fingerprint density at radius 1 is 1.09 bits per heavy atom. The van der Waals surface area contributed by atoms with E-state index < -0.39 is 0 Å². The first-order valence-corrected chi connectivity index (χ1v) is 12.1. The van der Waals surface area contributed by atoms with Gasteiger partial charge in [-0.2, -0.15) is 0 Å². The molecule has 0 radical (unpaired) electrons. The number of imidazole rings is 1. The van der Waals surface area contributed by atoms with Crippen molar-refractivity contribution >= 4 is 16.9 Å². The van der Waals surface area contributed by atoms with Crippen molar-refractivity contribution in [2.45, 2.75) is 38.8 Å². The van der Waals surface area contributed by atoms with Gasteiger partial charge in [0.2, 0.25) is 5.91 Å². The lowest BCUT2D eigenvalue weighted by Gasteiger charge is -2.33. The fraction of sp³-hybridized carbons (Fsp3) is 0.462. The van der Waals surface area contributed by atoms with E-state index in [0.29, 0.717) is 19.8 Å². The normalized spacial score (nSPS) is 17.7. The van der Waals surface area contributed by atoms with Crippen molar-refractivity contribution in [2.75, 3.05) is 32.8 Å². The fourth-order valence-electron chi connectivity index (χ4n) is 5.08. The van der Waals surface area contributed by atoms with Gasteiger partial charge in [0.05, 0.1) is 23.6 Å². The third kappa shape index (κ3) is 4.55. The molecule has 0 unspecified atom stereocenters. The van der Waals surface area contributed by atoms with Gasteiger partial charge in [-0.3, -0.25) is 14.3 Å². The predicted octanol–water partition coefficient (Wildman–Crippen LogP) is 3.25. The molecule has 1 aromatic heterocycles. The van der Waals surface area contributed by atoms with Crippen LogP contribution in [0.2, 0.25) is 0 Å². The van der Waals surface area contributed by atoms with Crippen molar-refractivity contribution in [3.63, 3.8) is 0 Å². The third-order valence-electron chi connectivity index (χ3n) is 6.82. The van der Waals surface area contributed by atoms with Gasteiger partial charge in [-0.1, -0.05) is 32.0 Å². The molecule has 3 heterocycles. The van der Waals surface area contributed by atoms with E-state index in [1.807, 2.05) is 47.0 Å². The van der Waals surface area contributed by atoms with Crippen molar-refractivity contribution in [3.05, 3.63) is 58.5 Å². The lowest BCUT2D eigenvalue weighted by Crippen LogP contribution is -2.44. The van der Waals surface area contributed by atoms with Crippen LogP contribution in [0.5, 0.6) is 11.5 Å². The summed E-state index contributed by atoms with van der Waals surface area (Å²) < 4.78 is 13.2. The number of ether oxygens (including phenoxy) is 2. The summed E-state index contributed by atoms with van der Waals surface area (Å²) in [5, 5.41) is 3.22. The molecule has 0 spiro atoms. The summed E-state index contributed by atoms with van der Waals surface area (Å²) >= 11 is 0. The molecular formula is C26H32N4O4. The molecular weight excluding hydrogens is 432 g/mol. The average Bonchev–Trinajstić information content (AvgIpc) is 3.18. The zero-order chi connectivity index (χ0) is 23.7. The van der Waals surface area contributed by atoms with E-state index in [1.54, 1.807) is 0 Å². The molecule has 1 amide bonds. The second kappa shape index (κ2) is 9.54. The molecule has 0 saturated carbocycles. The molecule has 8 heteroatoms. The Bertz CT molecular complexity index is 1220. The Hall–Kier alpha value is -3.26. The van der Waals surface area contributed by atoms with Crippen LogP contribution in [-0.4, -0.2) is 53.2 Å². The molecule has 2 aliphatic heterocycles. The number of hydrogen-bond acceptors (Lipinski definition) is 5. The summed E-state index contributed by atoms with van der Waals surface area (Å²) in [6, 6.07) is 13.7. The number of rotatable bonds is 6. The minimum absolute atomic E-state index is 0.0105. The van der Waals surface area contributed by atoms with Gasteiger partial charge in [0, 0.05) is 19.1 Å². The van der Waals surface area contributed by atoms with E-state index in [4.69, 9.17) is 9.47 Å². The summed E-state index contributed by atoms with van der Waals surface area (Å²) in [5.41, 5.74) is 2.78. The van der Waals surface area contributed by atoms with E-state index in [-0.39, 0.29) is 29.6 Å². The van der Waals surface area contributed by atoms with Gasteiger partial charge in [0.15, 0.2) is 11.5 Å².